The topological polar surface area (TPSA) is 20.3 Å². The normalized spacial score (nSPS) is 10.7. The Morgan fingerprint density at radius 3 is 1.33 bits per heavy atom. The highest BCUT2D eigenvalue weighted by Gasteiger charge is 2.21. The number of para-hydroxylation sites is 2. The molecule has 0 aromatic heterocycles. The number of carbonyl (C=O) groups excluding carboxylic acids is 1. The minimum atomic E-state index is 0.101. The van der Waals surface area contributed by atoms with Gasteiger partial charge in [-0.15, -0.1) is 0 Å². The third-order valence-electron chi connectivity index (χ3n) is 5.33. The first-order valence-electron chi connectivity index (χ1n) is 10.4. The summed E-state index contributed by atoms with van der Waals surface area (Å²) in [5, 5.41) is 0. The van der Waals surface area contributed by atoms with Crippen LogP contribution in [0.2, 0.25) is 0 Å². The smallest absolute Gasteiger partial charge is 0.231 e. The van der Waals surface area contributed by atoms with Crippen molar-refractivity contribution in [1.29, 1.82) is 0 Å². The Morgan fingerprint density at radius 2 is 0.933 bits per heavy atom. The molecule has 0 aliphatic carbocycles. The van der Waals surface area contributed by atoms with Gasteiger partial charge in [-0.3, -0.25) is 9.69 Å². The number of amides is 1. The minimum Gasteiger partial charge on any atom is -0.281 e. The maximum Gasteiger partial charge on any atom is 0.231 e. The predicted octanol–water partition coefficient (Wildman–Crippen LogP) is 6.96. The second kappa shape index (κ2) is 9.71. The average molecular weight is 392 g/mol. The molecule has 0 radical (unpaired) electrons. The Labute approximate surface area is 178 Å². The van der Waals surface area contributed by atoms with Gasteiger partial charge in [0, 0.05) is 23.7 Å². The molecule has 2 heteroatoms. The molecule has 0 aliphatic heterocycles. The van der Waals surface area contributed by atoms with E-state index in [4.69, 9.17) is 0 Å². The van der Waals surface area contributed by atoms with Gasteiger partial charge in [0.05, 0.1) is 0 Å². The van der Waals surface area contributed by atoms with Gasteiger partial charge in [-0.05, 0) is 41.8 Å². The van der Waals surface area contributed by atoms with Gasteiger partial charge in [0.1, 0.15) is 0 Å². The summed E-state index contributed by atoms with van der Waals surface area (Å²) in [4.78, 5) is 15.3. The molecule has 0 spiro atoms. The van der Waals surface area contributed by atoms with E-state index in [0.29, 0.717) is 6.42 Å². The van der Waals surface area contributed by atoms with E-state index in [0.717, 1.165) is 17.8 Å². The maximum atomic E-state index is 13.4. The summed E-state index contributed by atoms with van der Waals surface area (Å²) >= 11 is 0. The van der Waals surface area contributed by atoms with E-state index in [1.807, 2.05) is 77.7 Å². The van der Waals surface area contributed by atoms with Gasteiger partial charge in [-0.2, -0.15) is 0 Å². The van der Waals surface area contributed by atoms with Crippen molar-refractivity contribution in [2.24, 2.45) is 0 Å². The van der Waals surface area contributed by atoms with Crippen molar-refractivity contribution < 1.29 is 4.79 Å². The van der Waals surface area contributed by atoms with Crippen molar-refractivity contribution in [1.82, 2.24) is 0 Å². The number of hydrogen-bond donors (Lipinski definition) is 0. The molecule has 0 unspecified atom stereocenters. The highest BCUT2D eigenvalue weighted by atomic mass is 16.2. The van der Waals surface area contributed by atoms with Crippen LogP contribution in [0.3, 0.4) is 0 Å². The molecule has 4 aromatic rings. The van der Waals surface area contributed by atoms with Crippen molar-refractivity contribution >= 4 is 17.3 Å². The fourth-order valence-electron chi connectivity index (χ4n) is 3.87. The SMILES string of the molecule is O=C(CCC(c1ccccc1)c1ccccc1)N(c1ccccc1)c1ccccc1. The number of rotatable bonds is 7. The summed E-state index contributed by atoms with van der Waals surface area (Å²) in [7, 11) is 0. The molecule has 0 heterocycles. The zero-order valence-corrected chi connectivity index (χ0v) is 16.9. The van der Waals surface area contributed by atoms with Crippen LogP contribution in [-0.2, 0) is 4.79 Å². The van der Waals surface area contributed by atoms with Crippen LogP contribution in [0.4, 0.5) is 11.4 Å². The highest BCUT2D eigenvalue weighted by molar-refractivity contribution is 6.00. The van der Waals surface area contributed by atoms with Gasteiger partial charge in [-0.25, -0.2) is 0 Å². The fraction of sp³-hybridized carbons (Fsp3) is 0.107. The number of hydrogen-bond acceptors (Lipinski definition) is 1. The molecule has 148 valence electrons. The zero-order chi connectivity index (χ0) is 20.6. The predicted molar refractivity (Wildman–Crippen MR) is 124 cm³/mol. The Kier molecular flexibility index (Phi) is 6.36. The molecule has 0 saturated heterocycles. The molecule has 0 bridgehead atoms. The number of carbonyl (C=O) groups is 1. The molecule has 0 saturated carbocycles. The summed E-state index contributed by atoms with van der Waals surface area (Å²) in [5.41, 5.74) is 4.26. The molecule has 0 fully saturated rings. The van der Waals surface area contributed by atoms with Crippen LogP contribution < -0.4 is 4.90 Å². The van der Waals surface area contributed by atoms with Gasteiger partial charge in [0.2, 0.25) is 5.91 Å². The maximum absolute atomic E-state index is 13.4. The summed E-state index contributed by atoms with van der Waals surface area (Å²) in [6.45, 7) is 0. The van der Waals surface area contributed by atoms with Crippen molar-refractivity contribution in [3.05, 3.63) is 132 Å². The van der Waals surface area contributed by atoms with Gasteiger partial charge in [0.15, 0.2) is 0 Å². The van der Waals surface area contributed by atoms with Crippen molar-refractivity contribution in [3.63, 3.8) is 0 Å². The number of benzene rings is 4. The van der Waals surface area contributed by atoms with Crippen LogP contribution >= 0.6 is 0 Å². The molecule has 2 nitrogen and oxygen atoms in total. The molecule has 4 aromatic carbocycles. The van der Waals surface area contributed by atoms with Crippen molar-refractivity contribution in [2.45, 2.75) is 18.8 Å². The van der Waals surface area contributed by atoms with Crippen molar-refractivity contribution in [3.8, 4) is 0 Å². The van der Waals surface area contributed by atoms with E-state index >= 15 is 0 Å². The summed E-state index contributed by atoms with van der Waals surface area (Å²) in [6, 6.07) is 40.6. The number of anilines is 2. The molecule has 1 amide bonds. The van der Waals surface area contributed by atoms with Gasteiger partial charge in [-0.1, -0.05) is 97.1 Å². The molecule has 4 rings (SSSR count). The van der Waals surface area contributed by atoms with Gasteiger partial charge < -0.3 is 0 Å². The van der Waals surface area contributed by atoms with E-state index in [2.05, 4.69) is 48.5 Å². The second-order valence-electron chi connectivity index (χ2n) is 7.31. The van der Waals surface area contributed by atoms with E-state index in [9.17, 15) is 4.79 Å². The first-order valence-corrected chi connectivity index (χ1v) is 10.4. The average Bonchev–Trinajstić information content (AvgIpc) is 2.82. The summed E-state index contributed by atoms with van der Waals surface area (Å²) < 4.78 is 0. The lowest BCUT2D eigenvalue weighted by Gasteiger charge is -2.25. The monoisotopic (exact) mass is 391 g/mol. The van der Waals surface area contributed by atoms with Crippen LogP contribution in [0.15, 0.2) is 121 Å². The minimum absolute atomic E-state index is 0.101. The van der Waals surface area contributed by atoms with Crippen LogP contribution in [0.25, 0.3) is 0 Å². The Bertz CT molecular complexity index is 968. The third-order valence-corrected chi connectivity index (χ3v) is 5.33. The lowest BCUT2D eigenvalue weighted by molar-refractivity contribution is -0.118. The highest BCUT2D eigenvalue weighted by Crippen LogP contribution is 2.31. The number of nitrogens with zero attached hydrogens (tertiary/aromatic N) is 1. The second-order valence-corrected chi connectivity index (χ2v) is 7.31. The van der Waals surface area contributed by atoms with E-state index in [1.165, 1.54) is 11.1 Å². The molecular weight excluding hydrogens is 366 g/mol. The van der Waals surface area contributed by atoms with E-state index < -0.39 is 0 Å². The van der Waals surface area contributed by atoms with E-state index in [-0.39, 0.29) is 11.8 Å². The van der Waals surface area contributed by atoms with Gasteiger partial charge in [0.25, 0.3) is 0 Å². The van der Waals surface area contributed by atoms with Crippen LogP contribution in [0, 0.1) is 0 Å². The Hall–Kier alpha value is -3.65. The summed E-state index contributed by atoms with van der Waals surface area (Å²) in [6.07, 6.45) is 1.21. The Morgan fingerprint density at radius 1 is 0.567 bits per heavy atom. The van der Waals surface area contributed by atoms with Crippen LogP contribution in [-0.4, -0.2) is 5.91 Å². The molecule has 0 N–H and O–H groups in total. The molecule has 0 atom stereocenters. The molecule has 0 aliphatic rings. The van der Waals surface area contributed by atoms with Crippen LogP contribution in [0.1, 0.15) is 29.9 Å². The molecule has 30 heavy (non-hydrogen) atoms. The van der Waals surface area contributed by atoms with Gasteiger partial charge >= 0.3 is 0 Å². The fourth-order valence-corrected chi connectivity index (χ4v) is 3.87. The lowest BCUT2D eigenvalue weighted by Crippen LogP contribution is -2.26. The molecular formula is C28H25NO. The lowest BCUT2D eigenvalue weighted by atomic mass is 9.87. The third kappa shape index (κ3) is 4.66. The van der Waals surface area contributed by atoms with Crippen LogP contribution in [0.5, 0.6) is 0 Å². The zero-order valence-electron chi connectivity index (χ0n) is 16.9. The summed E-state index contributed by atoms with van der Waals surface area (Å²) in [5.74, 6) is 0.286. The largest absolute Gasteiger partial charge is 0.281 e. The quantitative estimate of drug-likeness (QED) is 0.333. The first-order chi connectivity index (χ1) is 14.8. The standard InChI is InChI=1S/C28H25NO/c30-28(29(25-17-9-3-10-18-25)26-19-11-4-12-20-26)22-21-27(23-13-5-1-6-14-23)24-15-7-2-8-16-24/h1-20,27H,21-22H2. The Balaban J connectivity index is 1.60. The van der Waals surface area contributed by atoms with Crippen molar-refractivity contribution in [2.75, 3.05) is 4.90 Å². The van der Waals surface area contributed by atoms with E-state index in [1.54, 1.807) is 0 Å². The first kappa shape index (κ1) is 19.7.